The second kappa shape index (κ2) is 5.26. The molecule has 1 unspecified atom stereocenters. The molecule has 5 heteroatoms. The van der Waals surface area contributed by atoms with Gasteiger partial charge in [-0.1, -0.05) is 18.5 Å². The molecule has 0 radical (unpaired) electrons. The summed E-state index contributed by atoms with van der Waals surface area (Å²) in [4.78, 5) is 0. The number of aliphatic hydroxyl groups is 1. The minimum Gasteiger partial charge on any atom is -0.388 e. The van der Waals surface area contributed by atoms with Crippen LogP contribution in [0, 0.1) is 5.92 Å². The van der Waals surface area contributed by atoms with Crippen LogP contribution in [0.15, 0.2) is 18.5 Å². The number of rotatable bonds is 5. The highest BCUT2D eigenvalue weighted by atomic mass is 35.5. The molecule has 3 rings (SSSR count). The van der Waals surface area contributed by atoms with E-state index in [-0.39, 0.29) is 6.10 Å². The van der Waals surface area contributed by atoms with Gasteiger partial charge in [-0.15, -0.1) is 0 Å². The van der Waals surface area contributed by atoms with E-state index in [9.17, 15) is 5.11 Å². The van der Waals surface area contributed by atoms with Crippen molar-refractivity contribution in [2.45, 2.75) is 38.8 Å². The van der Waals surface area contributed by atoms with Crippen LogP contribution in [0.5, 0.6) is 0 Å². The van der Waals surface area contributed by atoms with Crippen molar-refractivity contribution in [3.63, 3.8) is 0 Å². The average Bonchev–Trinajstić information content (AvgIpc) is 3.13. The Balaban J connectivity index is 1.79. The van der Waals surface area contributed by atoms with Crippen LogP contribution >= 0.6 is 11.6 Å². The number of hydrogen-bond donors (Lipinski definition) is 1. The Hall–Kier alpha value is -1.26. The molecule has 1 fully saturated rings. The van der Waals surface area contributed by atoms with Gasteiger partial charge in [-0.05, 0) is 36.8 Å². The maximum Gasteiger partial charge on any atom is 0.0868 e. The highest BCUT2D eigenvalue weighted by Crippen LogP contribution is 2.40. The highest BCUT2D eigenvalue weighted by Gasteiger charge is 2.31. The largest absolute Gasteiger partial charge is 0.388 e. The van der Waals surface area contributed by atoms with Gasteiger partial charge in [-0.25, -0.2) is 0 Å². The Labute approximate surface area is 124 Å². The van der Waals surface area contributed by atoms with E-state index in [0.29, 0.717) is 12.5 Å². The molecular weight excluding hydrogens is 274 g/mol. The van der Waals surface area contributed by atoms with Crippen LogP contribution in [0.4, 0.5) is 0 Å². The van der Waals surface area contributed by atoms with Gasteiger partial charge in [0.2, 0.25) is 0 Å². The first kappa shape index (κ1) is 13.7. The number of aryl methyl sites for hydroxylation is 2. The predicted molar refractivity (Wildman–Crippen MR) is 78.8 cm³/mol. The molecule has 20 heavy (non-hydrogen) atoms. The van der Waals surface area contributed by atoms with Gasteiger partial charge < -0.3 is 9.67 Å². The third-order valence-corrected chi connectivity index (χ3v) is 4.45. The first-order chi connectivity index (χ1) is 9.60. The molecule has 108 valence electrons. The van der Waals surface area contributed by atoms with Crippen LogP contribution in [0.3, 0.4) is 0 Å². The second-order valence-electron chi connectivity index (χ2n) is 5.58. The molecule has 0 aliphatic heterocycles. The molecule has 1 N–H and O–H groups in total. The quantitative estimate of drug-likeness (QED) is 0.921. The Morgan fingerprint density at radius 1 is 1.50 bits per heavy atom. The van der Waals surface area contributed by atoms with E-state index >= 15 is 0 Å². The summed E-state index contributed by atoms with van der Waals surface area (Å²) in [6.45, 7) is 2.73. The van der Waals surface area contributed by atoms with Crippen molar-refractivity contribution < 1.29 is 5.11 Å². The lowest BCUT2D eigenvalue weighted by atomic mass is 10.1. The molecule has 0 amide bonds. The van der Waals surface area contributed by atoms with Gasteiger partial charge >= 0.3 is 0 Å². The van der Waals surface area contributed by atoms with Crippen molar-refractivity contribution in [1.82, 2.24) is 14.3 Å². The van der Waals surface area contributed by atoms with Crippen LogP contribution in [0.25, 0.3) is 0 Å². The van der Waals surface area contributed by atoms with Gasteiger partial charge in [0.05, 0.1) is 29.1 Å². The average molecular weight is 294 g/mol. The fourth-order valence-electron chi connectivity index (χ4n) is 2.58. The molecule has 0 spiro atoms. The van der Waals surface area contributed by atoms with E-state index < -0.39 is 0 Å². The van der Waals surface area contributed by atoms with Gasteiger partial charge in [0, 0.05) is 19.4 Å². The molecule has 0 saturated heterocycles. The van der Waals surface area contributed by atoms with Crippen molar-refractivity contribution in [2.75, 3.05) is 0 Å². The van der Waals surface area contributed by atoms with E-state index in [1.54, 1.807) is 0 Å². The van der Waals surface area contributed by atoms with Gasteiger partial charge in [-0.3, -0.25) is 4.68 Å². The topological polar surface area (TPSA) is 43.0 Å². The van der Waals surface area contributed by atoms with Crippen molar-refractivity contribution in [2.24, 2.45) is 13.0 Å². The zero-order valence-electron chi connectivity index (χ0n) is 11.9. The summed E-state index contributed by atoms with van der Waals surface area (Å²) >= 11 is 6.36. The number of halogens is 1. The molecule has 2 aromatic heterocycles. The summed E-state index contributed by atoms with van der Waals surface area (Å²) in [6.07, 6.45) is 6.81. The lowest BCUT2D eigenvalue weighted by Gasteiger charge is -2.07. The Bertz CT molecular complexity index is 613. The molecule has 0 bridgehead atoms. The summed E-state index contributed by atoms with van der Waals surface area (Å²) in [5.41, 5.74) is 2.95. The fraction of sp³-hybridized carbons (Fsp3) is 0.533. The number of hydrogen-bond acceptors (Lipinski definition) is 2. The minimum absolute atomic E-state index is 0.315. The molecular formula is C15H20ClN3O. The van der Waals surface area contributed by atoms with Gasteiger partial charge in [0.15, 0.2) is 0 Å². The van der Waals surface area contributed by atoms with Crippen molar-refractivity contribution in [3.05, 3.63) is 40.4 Å². The molecule has 2 aromatic rings. The zero-order chi connectivity index (χ0) is 14.3. The monoisotopic (exact) mass is 293 g/mol. The molecule has 0 aromatic carbocycles. The zero-order valence-corrected chi connectivity index (χ0v) is 12.6. The Kier molecular flexibility index (Phi) is 3.61. The SMILES string of the molecule is CCc1nn(C)c(Cn2ccc(C(O)C3CC3)c2)c1Cl. The maximum atomic E-state index is 10.1. The molecule has 4 nitrogen and oxygen atoms in total. The van der Waals surface area contributed by atoms with Crippen LogP contribution in [0.2, 0.25) is 5.02 Å². The van der Waals surface area contributed by atoms with E-state index in [1.807, 2.05) is 30.2 Å². The lowest BCUT2D eigenvalue weighted by molar-refractivity contribution is 0.154. The second-order valence-corrected chi connectivity index (χ2v) is 5.96. The molecule has 1 aliphatic carbocycles. The van der Waals surface area contributed by atoms with Gasteiger partial charge in [0.1, 0.15) is 0 Å². The van der Waals surface area contributed by atoms with Crippen molar-refractivity contribution in [1.29, 1.82) is 0 Å². The van der Waals surface area contributed by atoms with E-state index in [0.717, 1.165) is 41.2 Å². The first-order valence-electron chi connectivity index (χ1n) is 7.14. The Morgan fingerprint density at radius 3 is 2.85 bits per heavy atom. The summed E-state index contributed by atoms with van der Waals surface area (Å²) in [5, 5.41) is 15.3. The molecule has 1 saturated carbocycles. The molecule has 1 aliphatic rings. The van der Waals surface area contributed by atoms with Crippen LogP contribution in [-0.4, -0.2) is 19.5 Å². The number of nitrogens with zero attached hydrogens (tertiary/aromatic N) is 3. The van der Waals surface area contributed by atoms with Gasteiger partial charge in [-0.2, -0.15) is 5.10 Å². The normalized spacial score (nSPS) is 16.6. The van der Waals surface area contributed by atoms with Crippen LogP contribution in [0.1, 0.15) is 42.8 Å². The lowest BCUT2D eigenvalue weighted by Crippen LogP contribution is -2.05. The Morgan fingerprint density at radius 2 is 2.25 bits per heavy atom. The third-order valence-electron chi connectivity index (χ3n) is 4.02. The summed E-state index contributed by atoms with van der Waals surface area (Å²) in [6, 6.07) is 1.99. The van der Waals surface area contributed by atoms with Crippen molar-refractivity contribution >= 4 is 11.6 Å². The van der Waals surface area contributed by atoms with E-state index in [1.165, 1.54) is 0 Å². The smallest absolute Gasteiger partial charge is 0.0868 e. The fourth-order valence-corrected chi connectivity index (χ4v) is 2.93. The summed E-state index contributed by atoms with van der Waals surface area (Å²) < 4.78 is 3.90. The predicted octanol–water partition coefficient (Wildman–Crippen LogP) is 2.93. The van der Waals surface area contributed by atoms with Gasteiger partial charge in [0.25, 0.3) is 0 Å². The standard InChI is InChI=1S/C15H20ClN3O/c1-3-12-14(16)13(18(2)17-12)9-19-7-6-11(8-19)15(20)10-4-5-10/h6-8,10,15,20H,3-5,9H2,1-2H3. The molecule has 2 heterocycles. The summed E-state index contributed by atoms with van der Waals surface area (Å²) in [7, 11) is 1.92. The minimum atomic E-state index is -0.315. The van der Waals surface area contributed by atoms with Crippen LogP contribution in [-0.2, 0) is 20.0 Å². The first-order valence-corrected chi connectivity index (χ1v) is 7.52. The maximum absolute atomic E-state index is 10.1. The molecule has 1 atom stereocenters. The third kappa shape index (κ3) is 2.50. The van der Waals surface area contributed by atoms with Crippen LogP contribution < -0.4 is 0 Å². The summed E-state index contributed by atoms with van der Waals surface area (Å²) in [5.74, 6) is 0.456. The highest BCUT2D eigenvalue weighted by molar-refractivity contribution is 6.31. The van der Waals surface area contributed by atoms with E-state index in [2.05, 4.69) is 16.6 Å². The van der Waals surface area contributed by atoms with Crippen molar-refractivity contribution in [3.8, 4) is 0 Å². The number of aromatic nitrogens is 3. The van der Waals surface area contributed by atoms with E-state index in [4.69, 9.17) is 11.6 Å². The number of aliphatic hydroxyl groups excluding tert-OH is 1.